The van der Waals surface area contributed by atoms with Gasteiger partial charge in [-0.15, -0.1) is 0 Å². The number of nitrogens with zero attached hydrogens (tertiary/aromatic N) is 1. The van der Waals surface area contributed by atoms with Gasteiger partial charge < -0.3 is 15.9 Å². The Morgan fingerprint density at radius 2 is 1.75 bits per heavy atom. The summed E-state index contributed by atoms with van der Waals surface area (Å²) in [5, 5.41) is 19.0. The second-order valence-corrected chi connectivity index (χ2v) is 4.90. The van der Waals surface area contributed by atoms with Crippen molar-refractivity contribution < 1.29 is 10.2 Å². The zero-order valence-corrected chi connectivity index (χ0v) is 11.5. The van der Waals surface area contributed by atoms with Gasteiger partial charge in [0.2, 0.25) is 0 Å². The minimum Gasteiger partial charge on any atom is -0.504 e. The van der Waals surface area contributed by atoms with Crippen LogP contribution in [0.25, 0.3) is 0 Å². The number of hydrogen-bond acceptors (Lipinski definition) is 4. The minimum atomic E-state index is -0.117. The van der Waals surface area contributed by atoms with E-state index in [1.807, 2.05) is 25.2 Å². The van der Waals surface area contributed by atoms with Gasteiger partial charge in [0.15, 0.2) is 11.5 Å². The lowest BCUT2D eigenvalue weighted by Crippen LogP contribution is -2.30. The van der Waals surface area contributed by atoms with E-state index in [1.165, 1.54) is 11.6 Å². The number of nitrogens with two attached hydrogens (primary N) is 1. The molecular weight excluding hydrogens is 252 g/mol. The van der Waals surface area contributed by atoms with E-state index in [1.54, 1.807) is 12.1 Å². The van der Waals surface area contributed by atoms with Gasteiger partial charge in [-0.2, -0.15) is 0 Å². The van der Waals surface area contributed by atoms with Crippen LogP contribution in [0.1, 0.15) is 17.2 Å². The van der Waals surface area contributed by atoms with E-state index in [2.05, 4.69) is 17.0 Å². The first-order valence-electron chi connectivity index (χ1n) is 6.58. The summed E-state index contributed by atoms with van der Waals surface area (Å²) in [6.07, 6.45) is 0. The first kappa shape index (κ1) is 14.4. The molecule has 0 saturated carbocycles. The van der Waals surface area contributed by atoms with Crippen LogP contribution in [0.15, 0.2) is 48.5 Å². The average molecular weight is 272 g/mol. The lowest BCUT2D eigenvalue weighted by molar-refractivity contribution is 0.241. The van der Waals surface area contributed by atoms with Crippen molar-refractivity contribution in [3.63, 3.8) is 0 Å². The van der Waals surface area contributed by atoms with Gasteiger partial charge in [-0.05, 0) is 30.3 Å². The third-order valence-electron chi connectivity index (χ3n) is 3.41. The van der Waals surface area contributed by atoms with Gasteiger partial charge >= 0.3 is 0 Å². The summed E-state index contributed by atoms with van der Waals surface area (Å²) in [5.74, 6) is -0.232. The SMILES string of the molecule is CN(Cc1ccccc1)C(CN)c1ccc(O)c(O)c1. The fourth-order valence-electron chi connectivity index (χ4n) is 2.30. The number of benzene rings is 2. The number of hydrogen-bond donors (Lipinski definition) is 3. The van der Waals surface area contributed by atoms with Crippen molar-refractivity contribution in [1.29, 1.82) is 0 Å². The van der Waals surface area contributed by atoms with Gasteiger partial charge in [-0.1, -0.05) is 36.4 Å². The Morgan fingerprint density at radius 3 is 2.35 bits per heavy atom. The number of phenols is 2. The Labute approximate surface area is 119 Å². The van der Waals surface area contributed by atoms with Crippen LogP contribution in [0, 0.1) is 0 Å². The molecule has 0 spiro atoms. The number of aromatic hydroxyl groups is 2. The Balaban J connectivity index is 2.16. The summed E-state index contributed by atoms with van der Waals surface area (Å²) in [6, 6.07) is 15.0. The molecule has 0 aliphatic carbocycles. The van der Waals surface area contributed by atoms with Crippen molar-refractivity contribution in [2.75, 3.05) is 13.6 Å². The van der Waals surface area contributed by atoms with Crippen LogP contribution in [0.4, 0.5) is 0 Å². The van der Waals surface area contributed by atoms with Gasteiger partial charge in [-0.25, -0.2) is 0 Å². The van der Waals surface area contributed by atoms with E-state index < -0.39 is 0 Å². The Bertz CT molecular complexity index is 558. The van der Waals surface area contributed by atoms with Crippen molar-refractivity contribution >= 4 is 0 Å². The second kappa shape index (κ2) is 6.41. The molecule has 1 atom stereocenters. The van der Waals surface area contributed by atoms with E-state index in [4.69, 9.17) is 5.73 Å². The van der Waals surface area contributed by atoms with Crippen molar-refractivity contribution in [3.8, 4) is 11.5 Å². The fraction of sp³-hybridized carbons (Fsp3) is 0.250. The Hall–Kier alpha value is -2.04. The fourth-order valence-corrected chi connectivity index (χ4v) is 2.30. The number of likely N-dealkylation sites (N-methyl/N-ethyl adjacent to an activating group) is 1. The quantitative estimate of drug-likeness (QED) is 0.730. The molecule has 0 aliphatic heterocycles. The molecule has 0 saturated heterocycles. The monoisotopic (exact) mass is 272 g/mol. The molecule has 2 rings (SSSR count). The van der Waals surface area contributed by atoms with E-state index in [0.29, 0.717) is 6.54 Å². The third kappa shape index (κ3) is 3.29. The van der Waals surface area contributed by atoms with Crippen LogP contribution in [0.3, 0.4) is 0 Å². The van der Waals surface area contributed by atoms with E-state index in [-0.39, 0.29) is 17.5 Å². The molecule has 0 aromatic heterocycles. The van der Waals surface area contributed by atoms with E-state index in [9.17, 15) is 10.2 Å². The summed E-state index contributed by atoms with van der Waals surface area (Å²) in [5.41, 5.74) is 7.96. The molecule has 2 aromatic rings. The Morgan fingerprint density at radius 1 is 1.05 bits per heavy atom. The molecular formula is C16H20N2O2. The largest absolute Gasteiger partial charge is 0.504 e. The molecule has 106 valence electrons. The summed E-state index contributed by atoms with van der Waals surface area (Å²) in [6.45, 7) is 1.21. The third-order valence-corrected chi connectivity index (χ3v) is 3.41. The highest BCUT2D eigenvalue weighted by atomic mass is 16.3. The zero-order chi connectivity index (χ0) is 14.5. The minimum absolute atomic E-state index is 0.0123. The van der Waals surface area contributed by atoms with Gasteiger partial charge in [0, 0.05) is 19.1 Å². The molecule has 0 aliphatic rings. The molecule has 1 unspecified atom stereocenters. The molecule has 2 aromatic carbocycles. The number of rotatable bonds is 5. The highest BCUT2D eigenvalue weighted by Crippen LogP contribution is 2.29. The highest BCUT2D eigenvalue weighted by molar-refractivity contribution is 5.41. The standard InChI is InChI=1S/C16H20N2O2/c1-18(11-12-5-3-2-4-6-12)14(10-17)13-7-8-15(19)16(20)9-13/h2-9,14,19-20H,10-11,17H2,1H3. The average Bonchev–Trinajstić information content (AvgIpc) is 2.44. The molecule has 20 heavy (non-hydrogen) atoms. The predicted molar refractivity (Wildman–Crippen MR) is 79.5 cm³/mol. The van der Waals surface area contributed by atoms with Crippen LogP contribution in [-0.4, -0.2) is 28.7 Å². The molecule has 0 fully saturated rings. The molecule has 0 heterocycles. The molecule has 0 amide bonds. The first-order chi connectivity index (χ1) is 9.61. The van der Waals surface area contributed by atoms with E-state index >= 15 is 0 Å². The van der Waals surface area contributed by atoms with E-state index in [0.717, 1.165) is 12.1 Å². The first-order valence-corrected chi connectivity index (χ1v) is 6.58. The maximum atomic E-state index is 9.61. The molecule has 4 N–H and O–H groups in total. The maximum absolute atomic E-state index is 9.61. The van der Waals surface area contributed by atoms with Crippen molar-refractivity contribution in [1.82, 2.24) is 4.90 Å². The van der Waals surface area contributed by atoms with Crippen molar-refractivity contribution in [2.24, 2.45) is 5.73 Å². The van der Waals surface area contributed by atoms with Crippen molar-refractivity contribution in [2.45, 2.75) is 12.6 Å². The molecule has 0 bridgehead atoms. The predicted octanol–water partition coefficient (Wildman–Crippen LogP) is 2.23. The zero-order valence-electron chi connectivity index (χ0n) is 11.5. The lowest BCUT2D eigenvalue weighted by Gasteiger charge is -2.27. The van der Waals surface area contributed by atoms with Gasteiger partial charge in [0.05, 0.1) is 0 Å². The summed E-state index contributed by atoms with van der Waals surface area (Å²) in [4.78, 5) is 2.13. The van der Waals surface area contributed by atoms with Gasteiger partial charge in [0.25, 0.3) is 0 Å². The molecule has 0 radical (unpaired) electrons. The van der Waals surface area contributed by atoms with Crippen LogP contribution in [0.2, 0.25) is 0 Å². The van der Waals surface area contributed by atoms with Crippen LogP contribution < -0.4 is 5.73 Å². The van der Waals surface area contributed by atoms with Crippen molar-refractivity contribution in [3.05, 3.63) is 59.7 Å². The molecule has 4 nitrogen and oxygen atoms in total. The highest BCUT2D eigenvalue weighted by Gasteiger charge is 2.17. The van der Waals surface area contributed by atoms with Crippen LogP contribution in [0.5, 0.6) is 11.5 Å². The summed E-state index contributed by atoms with van der Waals surface area (Å²) in [7, 11) is 1.99. The van der Waals surface area contributed by atoms with Crippen LogP contribution >= 0.6 is 0 Å². The normalized spacial score (nSPS) is 12.6. The van der Waals surface area contributed by atoms with Gasteiger partial charge in [0.1, 0.15) is 0 Å². The Kier molecular flexibility index (Phi) is 4.61. The topological polar surface area (TPSA) is 69.7 Å². The van der Waals surface area contributed by atoms with Crippen LogP contribution in [-0.2, 0) is 6.54 Å². The summed E-state index contributed by atoms with van der Waals surface area (Å²) >= 11 is 0. The summed E-state index contributed by atoms with van der Waals surface area (Å²) < 4.78 is 0. The lowest BCUT2D eigenvalue weighted by atomic mass is 10.0. The second-order valence-electron chi connectivity index (χ2n) is 4.90. The molecule has 4 heteroatoms. The van der Waals surface area contributed by atoms with Gasteiger partial charge in [-0.3, -0.25) is 4.90 Å². The maximum Gasteiger partial charge on any atom is 0.157 e. The smallest absolute Gasteiger partial charge is 0.157 e. The number of phenolic OH excluding ortho intramolecular Hbond substituents is 2.